The Kier molecular flexibility index (Phi) is 5.98. The molecule has 0 unspecified atom stereocenters. The summed E-state index contributed by atoms with van der Waals surface area (Å²) in [6, 6.07) is 1.06. The van der Waals surface area contributed by atoms with Gasteiger partial charge in [-0.1, -0.05) is 12.8 Å². The van der Waals surface area contributed by atoms with E-state index < -0.39 is 0 Å². The summed E-state index contributed by atoms with van der Waals surface area (Å²) in [5.74, 6) is 1.09. The normalized spacial score (nSPS) is 15.4. The molecule has 1 aromatic heterocycles. The number of nitrogens with one attached hydrogen (secondary N) is 2. The van der Waals surface area contributed by atoms with Gasteiger partial charge in [0.1, 0.15) is 0 Å². The van der Waals surface area contributed by atoms with Gasteiger partial charge in [-0.05, 0) is 26.8 Å². The fourth-order valence-electron chi connectivity index (χ4n) is 2.64. The molecule has 1 heterocycles. The molecule has 2 rings (SSSR count). The number of hydrogen-bond donors (Lipinski definition) is 2. The van der Waals surface area contributed by atoms with Crippen LogP contribution in [0.25, 0.3) is 0 Å². The van der Waals surface area contributed by atoms with E-state index >= 15 is 0 Å². The van der Waals surface area contributed by atoms with Crippen LogP contribution in [0.15, 0.2) is 0 Å². The number of hydrogen-bond acceptors (Lipinski definition) is 7. The molecule has 1 aromatic rings. The highest BCUT2D eigenvalue weighted by Crippen LogP contribution is 2.22. The molecule has 1 saturated carbocycles. The predicted molar refractivity (Wildman–Crippen MR) is 83.9 cm³/mol. The van der Waals surface area contributed by atoms with Crippen molar-refractivity contribution in [3.63, 3.8) is 0 Å². The van der Waals surface area contributed by atoms with Gasteiger partial charge < -0.3 is 20.3 Å². The zero-order valence-electron chi connectivity index (χ0n) is 13.2. The lowest BCUT2D eigenvalue weighted by Gasteiger charge is -2.23. The number of aromatic nitrogens is 3. The summed E-state index contributed by atoms with van der Waals surface area (Å²) >= 11 is 0. The van der Waals surface area contributed by atoms with E-state index in [9.17, 15) is 0 Å². The first-order chi connectivity index (χ1) is 10.2. The second kappa shape index (κ2) is 7.97. The van der Waals surface area contributed by atoms with Crippen molar-refractivity contribution in [1.29, 1.82) is 0 Å². The van der Waals surface area contributed by atoms with E-state index in [1.54, 1.807) is 7.11 Å². The van der Waals surface area contributed by atoms with Gasteiger partial charge in [-0.3, -0.25) is 0 Å². The van der Waals surface area contributed by atoms with Gasteiger partial charge in [0, 0.05) is 25.7 Å². The molecule has 21 heavy (non-hydrogen) atoms. The minimum Gasteiger partial charge on any atom is -0.467 e. The first-order valence-corrected chi connectivity index (χ1v) is 7.71. The van der Waals surface area contributed by atoms with E-state index in [0.717, 1.165) is 25.7 Å². The number of methoxy groups -OCH3 is 1. The standard InChI is InChI=1S/C14H26N6O/c1-4-15-12-17-13(19-14(18-12)21-3)16-9-10-20(2)11-7-5-6-8-11/h11H,4-10H2,1-3H3,(H2,15,16,17,18,19). The van der Waals surface area contributed by atoms with Gasteiger partial charge in [0.05, 0.1) is 7.11 Å². The summed E-state index contributed by atoms with van der Waals surface area (Å²) in [5, 5.41) is 6.32. The van der Waals surface area contributed by atoms with Crippen LogP contribution in [-0.4, -0.2) is 59.7 Å². The SMILES string of the molecule is CCNc1nc(NCCN(C)C2CCCC2)nc(OC)n1. The van der Waals surface area contributed by atoms with Crippen molar-refractivity contribution in [3.05, 3.63) is 0 Å². The Morgan fingerprint density at radius 3 is 2.43 bits per heavy atom. The van der Waals surface area contributed by atoms with E-state index in [-0.39, 0.29) is 0 Å². The van der Waals surface area contributed by atoms with Gasteiger partial charge in [0.15, 0.2) is 0 Å². The molecule has 0 radical (unpaired) electrons. The molecule has 7 nitrogen and oxygen atoms in total. The van der Waals surface area contributed by atoms with Crippen molar-refractivity contribution in [3.8, 4) is 6.01 Å². The largest absolute Gasteiger partial charge is 0.467 e. The summed E-state index contributed by atoms with van der Waals surface area (Å²) in [7, 11) is 3.75. The third kappa shape index (κ3) is 4.70. The van der Waals surface area contributed by atoms with Crippen LogP contribution in [0.2, 0.25) is 0 Å². The van der Waals surface area contributed by atoms with E-state index in [1.807, 2.05) is 6.92 Å². The van der Waals surface area contributed by atoms with Crippen LogP contribution < -0.4 is 15.4 Å². The molecule has 0 bridgehead atoms. The average Bonchev–Trinajstić information content (AvgIpc) is 3.01. The molecule has 0 spiro atoms. The molecule has 0 amide bonds. The molecule has 118 valence electrons. The predicted octanol–water partition coefficient (Wildman–Crippen LogP) is 1.60. The maximum atomic E-state index is 5.10. The molecular formula is C14H26N6O. The lowest BCUT2D eigenvalue weighted by Crippen LogP contribution is -2.33. The number of likely N-dealkylation sites (N-methyl/N-ethyl adjacent to an activating group) is 1. The maximum Gasteiger partial charge on any atom is 0.322 e. The molecule has 0 aliphatic heterocycles. The van der Waals surface area contributed by atoms with Gasteiger partial charge in [-0.25, -0.2) is 0 Å². The monoisotopic (exact) mass is 294 g/mol. The number of ether oxygens (including phenoxy) is 1. The molecule has 1 aliphatic rings. The van der Waals surface area contributed by atoms with Crippen LogP contribution in [0.4, 0.5) is 11.9 Å². The number of anilines is 2. The van der Waals surface area contributed by atoms with Crippen LogP contribution in [0.5, 0.6) is 6.01 Å². The summed E-state index contributed by atoms with van der Waals surface area (Å²) in [5.41, 5.74) is 0. The van der Waals surface area contributed by atoms with Crippen molar-refractivity contribution in [2.75, 3.05) is 44.4 Å². The topological polar surface area (TPSA) is 75.2 Å². The molecule has 0 aromatic carbocycles. The minimum atomic E-state index is 0.326. The van der Waals surface area contributed by atoms with E-state index in [0.29, 0.717) is 17.9 Å². The third-order valence-corrected chi connectivity index (χ3v) is 3.83. The van der Waals surface area contributed by atoms with E-state index in [1.165, 1.54) is 25.7 Å². The molecule has 0 atom stereocenters. The smallest absolute Gasteiger partial charge is 0.322 e. The first kappa shape index (κ1) is 15.8. The Bertz CT molecular complexity index is 435. The zero-order valence-corrected chi connectivity index (χ0v) is 13.2. The second-order valence-electron chi connectivity index (χ2n) is 5.35. The maximum absolute atomic E-state index is 5.10. The fraction of sp³-hybridized carbons (Fsp3) is 0.786. The Hall–Kier alpha value is -1.63. The van der Waals surface area contributed by atoms with Crippen molar-refractivity contribution in [2.24, 2.45) is 0 Å². The Balaban J connectivity index is 1.85. The lowest BCUT2D eigenvalue weighted by molar-refractivity contribution is 0.254. The number of nitrogens with zero attached hydrogens (tertiary/aromatic N) is 4. The molecule has 7 heteroatoms. The van der Waals surface area contributed by atoms with Crippen LogP contribution in [0.3, 0.4) is 0 Å². The number of rotatable bonds is 8. The average molecular weight is 294 g/mol. The van der Waals surface area contributed by atoms with Crippen LogP contribution in [-0.2, 0) is 0 Å². The second-order valence-corrected chi connectivity index (χ2v) is 5.35. The van der Waals surface area contributed by atoms with Crippen LogP contribution in [0, 0.1) is 0 Å². The highest BCUT2D eigenvalue weighted by atomic mass is 16.5. The zero-order chi connectivity index (χ0) is 15.1. The van der Waals surface area contributed by atoms with Gasteiger partial charge in [0.25, 0.3) is 0 Å². The molecule has 2 N–H and O–H groups in total. The lowest BCUT2D eigenvalue weighted by atomic mass is 10.2. The molecule has 1 aliphatic carbocycles. The molecule has 0 saturated heterocycles. The molecule has 1 fully saturated rings. The Morgan fingerprint density at radius 1 is 1.14 bits per heavy atom. The highest BCUT2D eigenvalue weighted by Gasteiger charge is 2.18. The highest BCUT2D eigenvalue weighted by molar-refractivity contribution is 5.35. The summed E-state index contributed by atoms with van der Waals surface area (Å²) in [4.78, 5) is 15.1. The summed E-state index contributed by atoms with van der Waals surface area (Å²) < 4.78 is 5.10. The van der Waals surface area contributed by atoms with Gasteiger partial charge in [-0.2, -0.15) is 15.0 Å². The first-order valence-electron chi connectivity index (χ1n) is 7.71. The van der Waals surface area contributed by atoms with E-state index in [4.69, 9.17) is 4.74 Å². The van der Waals surface area contributed by atoms with Crippen molar-refractivity contribution < 1.29 is 4.74 Å². The van der Waals surface area contributed by atoms with Gasteiger partial charge in [-0.15, -0.1) is 0 Å². The van der Waals surface area contributed by atoms with Crippen molar-refractivity contribution in [1.82, 2.24) is 19.9 Å². The van der Waals surface area contributed by atoms with Gasteiger partial charge >= 0.3 is 6.01 Å². The fourth-order valence-corrected chi connectivity index (χ4v) is 2.64. The van der Waals surface area contributed by atoms with Gasteiger partial charge in [0.2, 0.25) is 11.9 Å². The quantitative estimate of drug-likeness (QED) is 0.754. The summed E-state index contributed by atoms with van der Waals surface area (Å²) in [6.07, 6.45) is 5.36. The molecular weight excluding hydrogens is 268 g/mol. The van der Waals surface area contributed by atoms with Crippen molar-refractivity contribution >= 4 is 11.9 Å². The third-order valence-electron chi connectivity index (χ3n) is 3.83. The Labute approximate surface area is 126 Å². The Morgan fingerprint density at radius 2 is 1.81 bits per heavy atom. The van der Waals surface area contributed by atoms with Crippen LogP contribution >= 0.6 is 0 Å². The summed E-state index contributed by atoms with van der Waals surface area (Å²) in [6.45, 7) is 4.55. The van der Waals surface area contributed by atoms with Crippen molar-refractivity contribution in [2.45, 2.75) is 38.6 Å². The van der Waals surface area contributed by atoms with Crippen LogP contribution in [0.1, 0.15) is 32.6 Å². The minimum absolute atomic E-state index is 0.326. The van der Waals surface area contributed by atoms with E-state index in [2.05, 4.69) is 37.5 Å².